The molecule has 0 aliphatic carbocycles. The van der Waals surface area contributed by atoms with Gasteiger partial charge in [0.15, 0.2) is 11.0 Å². The van der Waals surface area contributed by atoms with Gasteiger partial charge in [-0.1, -0.05) is 11.8 Å². The van der Waals surface area contributed by atoms with Crippen LogP contribution < -0.4 is 15.0 Å². The molecule has 1 amide bonds. The number of amides is 1. The first-order chi connectivity index (χ1) is 14.5. The molecule has 0 saturated heterocycles. The van der Waals surface area contributed by atoms with Crippen molar-refractivity contribution in [2.45, 2.75) is 25.5 Å². The van der Waals surface area contributed by atoms with Gasteiger partial charge in [0.2, 0.25) is 5.91 Å². The zero-order chi connectivity index (χ0) is 21.5. The Bertz CT molecular complexity index is 968. The number of aromatic nitrogens is 3. The van der Waals surface area contributed by atoms with Crippen LogP contribution in [0.25, 0.3) is 11.4 Å². The number of nitrogens with one attached hydrogen (secondary N) is 1. The summed E-state index contributed by atoms with van der Waals surface area (Å²) in [6, 6.07) is 15.5. The number of hydrogen-bond donors (Lipinski definition) is 1. The first-order valence-corrected chi connectivity index (χ1v) is 10.9. The summed E-state index contributed by atoms with van der Waals surface area (Å²) in [5, 5.41) is 12.3. The van der Waals surface area contributed by atoms with E-state index in [9.17, 15) is 4.79 Å². The lowest BCUT2D eigenvalue weighted by Crippen LogP contribution is -2.14. The Morgan fingerprint density at radius 2 is 1.77 bits per heavy atom. The van der Waals surface area contributed by atoms with E-state index in [4.69, 9.17) is 4.74 Å². The predicted octanol–water partition coefficient (Wildman–Crippen LogP) is 4.16. The highest BCUT2D eigenvalue weighted by Gasteiger charge is 2.15. The second-order valence-electron chi connectivity index (χ2n) is 6.79. The van der Waals surface area contributed by atoms with Gasteiger partial charge in [-0.25, -0.2) is 0 Å². The molecule has 158 valence electrons. The van der Waals surface area contributed by atoms with Crippen molar-refractivity contribution in [3.05, 3.63) is 48.5 Å². The van der Waals surface area contributed by atoms with Crippen LogP contribution >= 0.6 is 11.8 Å². The molecule has 1 heterocycles. The van der Waals surface area contributed by atoms with E-state index in [-0.39, 0.29) is 11.7 Å². The van der Waals surface area contributed by atoms with Crippen LogP contribution in [0.3, 0.4) is 0 Å². The SMILES string of the molecule is CCOc1ccc(NC(=O)CSc2nnc(-c3ccc(N(C)C)cc3)n2CC)cc1. The summed E-state index contributed by atoms with van der Waals surface area (Å²) in [5.74, 6) is 1.75. The average molecular weight is 426 g/mol. The summed E-state index contributed by atoms with van der Waals surface area (Å²) in [7, 11) is 4.02. The zero-order valence-corrected chi connectivity index (χ0v) is 18.6. The van der Waals surface area contributed by atoms with Gasteiger partial charge in [-0.2, -0.15) is 0 Å². The van der Waals surface area contributed by atoms with Crippen molar-refractivity contribution in [1.82, 2.24) is 14.8 Å². The topological polar surface area (TPSA) is 72.3 Å². The second-order valence-corrected chi connectivity index (χ2v) is 7.73. The molecule has 8 heteroatoms. The Morgan fingerprint density at radius 1 is 1.07 bits per heavy atom. The van der Waals surface area contributed by atoms with Crippen LogP contribution in [0.5, 0.6) is 5.75 Å². The van der Waals surface area contributed by atoms with Gasteiger partial charge in [0.05, 0.1) is 12.4 Å². The molecule has 0 aliphatic rings. The molecule has 0 radical (unpaired) electrons. The van der Waals surface area contributed by atoms with Crippen molar-refractivity contribution in [3.8, 4) is 17.1 Å². The Morgan fingerprint density at radius 3 is 2.37 bits per heavy atom. The lowest BCUT2D eigenvalue weighted by molar-refractivity contribution is -0.113. The van der Waals surface area contributed by atoms with Gasteiger partial charge in [-0.3, -0.25) is 4.79 Å². The van der Waals surface area contributed by atoms with Gasteiger partial charge >= 0.3 is 0 Å². The van der Waals surface area contributed by atoms with Crippen LogP contribution in [-0.2, 0) is 11.3 Å². The zero-order valence-electron chi connectivity index (χ0n) is 17.8. The summed E-state index contributed by atoms with van der Waals surface area (Å²) in [5.41, 5.74) is 2.87. The highest BCUT2D eigenvalue weighted by Crippen LogP contribution is 2.26. The van der Waals surface area contributed by atoms with E-state index in [0.717, 1.165) is 40.2 Å². The monoisotopic (exact) mass is 425 g/mol. The van der Waals surface area contributed by atoms with Gasteiger partial charge in [0, 0.05) is 37.6 Å². The fraction of sp³-hybridized carbons (Fsp3) is 0.318. The fourth-order valence-electron chi connectivity index (χ4n) is 2.93. The maximum Gasteiger partial charge on any atom is 0.234 e. The van der Waals surface area contributed by atoms with Crippen molar-refractivity contribution in [2.75, 3.05) is 36.7 Å². The number of ether oxygens (including phenoxy) is 1. The summed E-state index contributed by atoms with van der Waals surface area (Å²) in [6.07, 6.45) is 0. The lowest BCUT2D eigenvalue weighted by Gasteiger charge is -2.13. The van der Waals surface area contributed by atoms with Gasteiger partial charge < -0.3 is 19.5 Å². The minimum atomic E-state index is -0.0910. The number of carbonyl (C=O) groups excluding carboxylic acids is 1. The van der Waals surface area contributed by atoms with E-state index in [2.05, 4.69) is 32.5 Å². The molecule has 0 fully saturated rings. The molecule has 0 atom stereocenters. The van der Waals surface area contributed by atoms with E-state index < -0.39 is 0 Å². The molecular formula is C22H27N5O2S. The van der Waals surface area contributed by atoms with E-state index in [0.29, 0.717) is 6.61 Å². The fourth-order valence-corrected chi connectivity index (χ4v) is 3.73. The molecule has 2 aromatic carbocycles. The molecule has 1 aromatic heterocycles. The number of rotatable bonds is 9. The van der Waals surface area contributed by atoms with E-state index in [1.165, 1.54) is 11.8 Å². The Hall–Kier alpha value is -3.00. The molecule has 30 heavy (non-hydrogen) atoms. The number of thioether (sulfide) groups is 1. The lowest BCUT2D eigenvalue weighted by atomic mass is 10.2. The van der Waals surface area contributed by atoms with Crippen LogP contribution in [-0.4, -0.2) is 47.1 Å². The molecule has 0 bridgehead atoms. The van der Waals surface area contributed by atoms with Crippen LogP contribution in [0.2, 0.25) is 0 Å². The summed E-state index contributed by atoms with van der Waals surface area (Å²) in [6.45, 7) is 5.32. The number of anilines is 2. The predicted molar refractivity (Wildman–Crippen MR) is 122 cm³/mol. The largest absolute Gasteiger partial charge is 0.494 e. The number of nitrogens with zero attached hydrogens (tertiary/aromatic N) is 4. The minimum absolute atomic E-state index is 0.0910. The molecule has 3 rings (SSSR count). The highest BCUT2D eigenvalue weighted by atomic mass is 32.2. The van der Waals surface area contributed by atoms with Gasteiger partial charge in [-0.05, 0) is 62.4 Å². The van der Waals surface area contributed by atoms with Crippen molar-refractivity contribution in [2.24, 2.45) is 0 Å². The first-order valence-electron chi connectivity index (χ1n) is 9.88. The van der Waals surface area contributed by atoms with Crippen molar-refractivity contribution >= 4 is 29.0 Å². The third-order valence-corrected chi connectivity index (χ3v) is 5.42. The summed E-state index contributed by atoms with van der Waals surface area (Å²) >= 11 is 1.38. The normalized spacial score (nSPS) is 10.7. The molecular weight excluding hydrogens is 398 g/mol. The van der Waals surface area contributed by atoms with Crippen LogP contribution in [0.4, 0.5) is 11.4 Å². The van der Waals surface area contributed by atoms with Crippen molar-refractivity contribution < 1.29 is 9.53 Å². The Labute approximate surface area is 181 Å². The number of carbonyl (C=O) groups is 1. The van der Waals surface area contributed by atoms with Gasteiger partial charge in [0.25, 0.3) is 0 Å². The van der Waals surface area contributed by atoms with Crippen molar-refractivity contribution in [1.29, 1.82) is 0 Å². The minimum Gasteiger partial charge on any atom is -0.494 e. The number of hydrogen-bond acceptors (Lipinski definition) is 6. The Kier molecular flexibility index (Phi) is 7.35. The second kappa shape index (κ2) is 10.2. The molecule has 1 N–H and O–H groups in total. The molecule has 0 saturated carbocycles. The molecule has 7 nitrogen and oxygen atoms in total. The standard InChI is InChI=1S/C22H27N5O2S/c1-5-27-21(16-7-11-18(12-8-16)26(3)4)24-25-22(27)30-15-20(28)23-17-9-13-19(14-10-17)29-6-2/h7-14H,5-6,15H2,1-4H3,(H,23,28). The maximum atomic E-state index is 12.3. The van der Waals surface area contributed by atoms with E-state index in [1.807, 2.05) is 68.9 Å². The van der Waals surface area contributed by atoms with Crippen LogP contribution in [0, 0.1) is 0 Å². The van der Waals surface area contributed by atoms with E-state index >= 15 is 0 Å². The smallest absolute Gasteiger partial charge is 0.234 e. The summed E-state index contributed by atoms with van der Waals surface area (Å²) in [4.78, 5) is 14.4. The maximum absolute atomic E-state index is 12.3. The van der Waals surface area contributed by atoms with Gasteiger partial charge in [0.1, 0.15) is 5.75 Å². The van der Waals surface area contributed by atoms with Crippen molar-refractivity contribution in [3.63, 3.8) is 0 Å². The molecule has 0 aliphatic heterocycles. The first kappa shape index (κ1) is 21.7. The average Bonchev–Trinajstić information content (AvgIpc) is 3.17. The Balaban J connectivity index is 1.63. The van der Waals surface area contributed by atoms with Gasteiger partial charge in [-0.15, -0.1) is 10.2 Å². The molecule has 0 unspecified atom stereocenters. The highest BCUT2D eigenvalue weighted by molar-refractivity contribution is 7.99. The third-order valence-electron chi connectivity index (χ3n) is 4.46. The molecule has 3 aromatic rings. The molecule has 0 spiro atoms. The van der Waals surface area contributed by atoms with Crippen LogP contribution in [0.1, 0.15) is 13.8 Å². The quantitative estimate of drug-likeness (QED) is 0.519. The van der Waals surface area contributed by atoms with Crippen LogP contribution in [0.15, 0.2) is 53.7 Å². The van der Waals surface area contributed by atoms with E-state index in [1.54, 1.807) is 0 Å². The number of benzene rings is 2. The third kappa shape index (κ3) is 5.33. The summed E-state index contributed by atoms with van der Waals surface area (Å²) < 4.78 is 7.44.